The quantitative estimate of drug-likeness (QED) is 0.670. The number of carbonyl (C=O) groups is 3. The predicted octanol–water partition coefficient (Wildman–Crippen LogP) is 1.19. The number of hydrogen-bond acceptors (Lipinski definition) is 5. The number of nitrogens with one attached hydrogen (secondary N) is 2. The van der Waals surface area contributed by atoms with E-state index in [1.807, 2.05) is 13.8 Å². The molecule has 26 heavy (non-hydrogen) atoms. The van der Waals surface area contributed by atoms with Crippen molar-refractivity contribution in [3.63, 3.8) is 0 Å². The summed E-state index contributed by atoms with van der Waals surface area (Å²) in [5.74, 6) is -0.918. The third-order valence-electron chi connectivity index (χ3n) is 3.76. The largest absolute Gasteiger partial charge is 0.490 e. The minimum Gasteiger partial charge on any atom is -0.490 e. The van der Waals surface area contributed by atoms with Gasteiger partial charge in [0, 0.05) is 12.0 Å². The SMILES string of the molecule is CC(C)C[C@H](NC(=O)CNC(=O)c1ccc2c(c1)OCCCO2)C(=O)O. The van der Waals surface area contributed by atoms with Crippen LogP contribution < -0.4 is 20.1 Å². The first kappa shape index (κ1) is 19.6. The molecule has 1 aliphatic rings. The highest BCUT2D eigenvalue weighted by Gasteiger charge is 2.21. The molecule has 2 amide bonds. The van der Waals surface area contributed by atoms with Gasteiger partial charge in [-0.25, -0.2) is 4.79 Å². The fourth-order valence-corrected chi connectivity index (χ4v) is 2.51. The minimum atomic E-state index is -1.10. The van der Waals surface area contributed by atoms with Crippen LogP contribution in [-0.4, -0.2) is 48.7 Å². The summed E-state index contributed by atoms with van der Waals surface area (Å²) in [6, 6.07) is 3.82. The van der Waals surface area contributed by atoms with Gasteiger partial charge >= 0.3 is 5.97 Å². The molecule has 3 N–H and O–H groups in total. The molecule has 1 atom stereocenters. The van der Waals surface area contributed by atoms with Crippen molar-refractivity contribution in [1.82, 2.24) is 10.6 Å². The van der Waals surface area contributed by atoms with Crippen molar-refractivity contribution >= 4 is 17.8 Å². The monoisotopic (exact) mass is 364 g/mol. The summed E-state index contributed by atoms with van der Waals surface area (Å²) < 4.78 is 11.0. The molecule has 1 aromatic rings. The van der Waals surface area contributed by atoms with Crippen LogP contribution in [0.5, 0.6) is 11.5 Å². The van der Waals surface area contributed by atoms with E-state index in [4.69, 9.17) is 14.6 Å². The number of benzene rings is 1. The Morgan fingerprint density at radius 1 is 1.15 bits per heavy atom. The number of aliphatic carboxylic acids is 1. The van der Waals surface area contributed by atoms with Crippen LogP contribution in [-0.2, 0) is 9.59 Å². The van der Waals surface area contributed by atoms with Gasteiger partial charge in [-0.15, -0.1) is 0 Å². The van der Waals surface area contributed by atoms with Crippen molar-refractivity contribution in [3.8, 4) is 11.5 Å². The van der Waals surface area contributed by atoms with Gasteiger partial charge in [-0.2, -0.15) is 0 Å². The van der Waals surface area contributed by atoms with Crippen LogP contribution in [0.1, 0.15) is 37.0 Å². The fourth-order valence-electron chi connectivity index (χ4n) is 2.51. The molecule has 0 saturated carbocycles. The van der Waals surface area contributed by atoms with E-state index in [-0.39, 0.29) is 12.5 Å². The number of rotatable bonds is 7. The van der Waals surface area contributed by atoms with Crippen molar-refractivity contribution in [2.75, 3.05) is 19.8 Å². The summed E-state index contributed by atoms with van der Waals surface area (Å²) in [5.41, 5.74) is 0.332. The first-order valence-electron chi connectivity index (χ1n) is 8.57. The second-order valence-corrected chi connectivity index (χ2v) is 6.48. The summed E-state index contributed by atoms with van der Waals surface area (Å²) in [4.78, 5) is 35.3. The molecular formula is C18H24N2O6. The zero-order chi connectivity index (χ0) is 19.1. The van der Waals surface area contributed by atoms with Crippen LogP contribution in [0.25, 0.3) is 0 Å². The van der Waals surface area contributed by atoms with Crippen molar-refractivity contribution in [2.45, 2.75) is 32.7 Å². The lowest BCUT2D eigenvalue weighted by molar-refractivity contribution is -0.142. The summed E-state index contributed by atoms with van der Waals surface area (Å²) in [5, 5.41) is 14.0. The number of carbonyl (C=O) groups excluding carboxylic acids is 2. The molecule has 8 heteroatoms. The lowest BCUT2D eigenvalue weighted by Gasteiger charge is -2.16. The Morgan fingerprint density at radius 3 is 2.50 bits per heavy atom. The van der Waals surface area contributed by atoms with E-state index in [2.05, 4.69) is 10.6 Å². The number of ether oxygens (including phenoxy) is 2. The average molecular weight is 364 g/mol. The lowest BCUT2D eigenvalue weighted by Crippen LogP contribution is -2.46. The van der Waals surface area contributed by atoms with E-state index in [1.54, 1.807) is 18.2 Å². The van der Waals surface area contributed by atoms with Crippen molar-refractivity contribution in [1.29, 1.82) is 0 Å². The molecule has 0 aliphatic carbocycles. The van der Waals surface area contributed by atoms with Gasteiger partial charge in [0.1, 0.15) is 6.04 Å². The van der Waals surface area contributed by atoms with Gasteiger partial charge in [-0.05, 0) is 30.5 Å². The smallest absolute Gasteiger partial charge is 0.326 e. The molecule has 0 unspecified atom stereocenters. The van der Waals surface area contributed by atoms with Crippen LogP contribution in [0.3, 0.4) is 0 Å². The Labute approximate surface area is 151 Å². The molecule has 0 radical (unpaired) electrons. The second-order valence-electron chi connectivity index (χ2n) is 6.48. The Bertz CT molecular complexity index is 674. The predicted molar refractivity (Wildman–Crippen MR) is 93.4 cm³/mol. The molecular weight excluding hydrogens is 340 g/mol. The van der Waals surface area contributed by atoms with Crippen molar-refractivity contribution < 1.29 is 29.0 Å². The fraction of sp³-hybridized carbons (Fsp3) is 0.500. The maximum absolute atomic E-state index is 12.2. The maximum atomic E-state index is 12.2. The summed E-state index contributed by atoms with van der Waals surface area (Å²) >= 11 is 0. The molecule has 0 fully saturated rings. The van der Waals surface area contributed by atoms with Crippen LogP contribution in [0.4, 0.5) is 0 Å². The highest BCUT2D eigenvalue weighted by atomic mass is 16.5. The molecule has 142 valence electrons. The molecule has 0 bridgehead atoms. The van der Waals surface area contributed by atoms with E-state index in [0.29, 0.717) is 36.7 Å². The Kier molecular flexibility index (Phi) is 6.82. The molecule has 1 heterocycles. The van der Waals surface area contributed by atoms with E-state index >= 15 is 0 Å². The number of amides is 2. The van der Waals surface area contributed by atoms with E-state index in [9.17, 15) is 14.4 Å². The third kappa shape index (κ3) is 5.65. The molecule has 1 aromatic carbocycles. The number of carboxylic acids is 1. The molecule has 8 nitrogen and oxygen atoms in total. The topological polar surface area (TPSA) is 114 Å². The van der Waals surface area contributed by atoms with Gasteiger partial charge in [0.2, 0.25) is 5.91 Å². The van der Waals surface area contributed by atoms with Crippen LogP contribution >= 0.6 is 0 Å². The highest BCUT2D eigenvalue weighted by Crippen LogP contribution is 2.30. The normalized spacial score (nSPS) is 14.3. The molecule has 2 rings (SSSR count). The maximum Gasteiger partial charge on any atom is 0.326 e. The van der Waals surface area contributed by atoms with Gasteiger partial charge < -0.3 is 25.2 Å². The third-order valence-corrected chi connectivity index (χ3v) is 3.76. The Morgan fingerprint density at radius 2 is 1.85 bits per heavy atom. The van der Waals surface area contributed by atoms with Crippen LogP contribution in [0.15, 0.2) is 18.2 Å². The van der Waals surface area contributed by atoms with Crippen molar-refractivity contribution in [2.24, 2.45) is 5.92 Å². The van der Waals surface area contributed by atoms with Gasteiger partial charge in [-0.3, -0.25) is 9.59 Å². The number of fused-ring (bicyclic) bond motifs is 1. The Balaban J connectivity index is 1.90. The van der Waals surface area contributed by atoms with Crippen LogP contribution in [0, 0.1) is 5.92 Å². The van der Waals surface area contributed by atoms with E-state index in [1.165, 1.54) is 0 Å². The van der Waals surface area contributed by atoms with Gasteiger partial charge in [0.05, 0.1) is 19.8 Å². The first-order chi connectivity index (χ1) is 12.4. The number of hydrogen-bond donors (Lipinski definition) is 3. The van der Waals surface area contributed by atoms with E-state index in [0.717, 1.165) is 6.42 Å². The van der Waals surface area contributed by atoms with E-state index < -0.39 is 23.8 Å². The molecule has 0 saturated heterocycles. The van der Waals surface area contributed by atoms with Crippen molar-refractivity contribution in [3.05, 3.63) is 23.8 Å². The van der Waals surface area contributed by atoms with Crippen LogP contribution in [0.2, 0.25) is 0 Å². The zero-order valence-corrected chi connectivity index (χ0v) is 14.9. The summed E-state index contributed by atoms with van der Waals surface area (Å²) in [6.45, 7) is 4.49. The standard InChI is InChI=1S/C18H24N2O6/c1-11(2)8-13(18(23)24)20-16(21)10-19-17(22)12-4-5-14-15(9-12)26-7-3-6-25-14/h4-5,9,11,13H,3,6-8,10H2,1-2H3,(H,19,22)(H,20,21)(H,23,24)/t13-/m0/s1. The molecule has 1 aliphatic heterocycles. The van der Waals surface area contributed by atoms with Gasteiger partial charge in [0.15, 0.2) is 11.5 Å². The first-order valence-corrected chi connectivity index (χ1v) is 8.57. The summed E-state index contributed by atoms with van der Waals surface area (Å²) in [7, 11) is 0. The minimum absolute atomic E-state index is 0.118. The lowest BCUT2D eigenvalue weighted by atomic mass is 10.0. The molecule has 0 spiro atoms. The highest BCUT2D eigenvalue weighted by molar-refractivity contribution is 5.97. The van der Waals surface area contributed by atoms with Gasteiger partial charge in [0.25, 0.3) is 5.91 Å². The zero-order valence-electron chi connectivity index (χ0n) is 14.9. The number of carboxylic acid groups (broad SMARTS) is 1. The van der Waals surface area contributed by atoms with Gasteiger partial charge in [-0.1, -0.05) is 13.8 Å². The average Bonchev–Trinajstić information content (AvgIpc) is 2.83. The second kappa shape index (κ2) is 9.07. The molecule has 0 aromatic heterocycles. The summed E-state index contributed by atoms with van der Waals surface area (Å²) in [6.07, 6.45) is 1.08. The Hall–Kier alpha value is -2.77.